The lowest BCUT2D eigenvalue weighted by Gasteiger charge is -2.26. The van der Waals surface area contributed by atoms with Crippen molar-refractivity contribution in [3.05, 3.63) is 85.4 Å². The summed E-state index contributed by atoms with van der Waals surface area (Å²) in [5, 5.41) is 0. The van der Waals surface area contributed by atoms with E-state index in [0.717, 1.165) is 11.8 Å². The van der Waals surface area contributed by atoms with Gasteiger partial charge in [-0.05, 0) is 44.2 Å². The smallest absolute Gasteiger partial charge is 0.314 e. The Hall–Kier alpha value is -3.52. The van der Waals surface area contributed by atoms with Gasteiger partial charge in [-0.2, -0.15) is 0 Å². The zero-order chi connectivity index (χ0) is 24.6. The number of fused-ring (bicyclic) bond motifs is 1. The van der Waals surface area contributed by atoms with E-state index >= 15 is 0 Å². The first-order valence-electron chi connectivity index (χ1n) is 9.89. The minimum absolute atomic E-state index is 0.125. The lowest BCUT2D eigenvalue weighted by molar-refractivity contribution is -0.113. The number of thioether (sulfide) groups is 1. The molecule has 0 aliphatic carbocycles. The van der Waals surface area contributed by atoms with Crippen LogP contribution in [0.1, 0.15) is 24.2 Å². The summed E-state index contributed by atoms with van der Waals surface area (Å²) in [7, 11) is -4.16. The maximum absolute atomic E-state index is 13.1. The van der Waals surface area contributed by atoms with E-state index in [-0.39, 0.29) is 21.7 Å². The molecule has 1 aromatic heterocycles. The Kier molecular flexibility index (Phi) is 6.27. The second-order valence-corrected chi connectivity index (χ2v) is 10.1. The number of Topliss-reactive ketones (excluding diaryl/α,β-unsaturated/α-hetero) is 1. The van der Waals surface area contributed by atoms with Crippen LogP contribution in [0, 0.1) is 0 Å². The molecule has 0 bridgehead atoms. The van der Waals surface area contributed by atoms with Crippen molar-refractivity contribution in [2.75, 3.05) is 0 Å². The number of allylic oxidation sites excluding steroid dienone is 2. The van der Waals surface area contributed by atoms with E-state index in [9.17, 15) is 27.6 Å². The Bertz CT molecular complexity index is 1560. The third-order valence-electron chi connectivity index (χ3n) is 5.03. The van der Waals surface area contributed by atoms with Crippen LogP contribution < -0.4 is 21.4 Å². The molecule has 0 saturated carbocycles. The van der Waals surface area contributed by atoms with Crippen molar-refractivity contribution >= 4 is 44.5 Å². The molecule has 4 N–H and O–H groups in total. The number of benzene rings is 2. The third-order valence-corrected chi connectivity index (χ3v) is 7.67. The van der Waals surface area contributed by atoms with Gasteiger partial charge in [0.2, 0.25) is 0 Å². The van der Waals surface area contributed by atoms with Crippen molar-refractivity contribution in [1.29, 1.82) is 0 Å². The molecule has 0 radical (unpaired) electrons. The summed E-state index contributed by atoms with van der Waals surface area (Å²) < 4.78 is 25.8. The Morgan fingerprint density at radius 1 is 1.00 bits per heavy atom. The average molecular weight is 502 g/mol. The van der Waals surface area contributed by atoms with E-state index in [1.807, 2.05) is 0 Å². The molecular weight excluding hydrogens is 482 g/mol. The van der Waals surface area contributed by atoms with Gasteiger partial charge in [0.1, 0.15) is 0 Å². The molecule has 0 fully saturated rings. The Balaban J connectivity index is 1.61. The SMILES string of the molecule is CC(=O)C1=C(C)N(C(=O)c2ccccc2)C(NNS(=O)(=O)c2ccc3[nH]c(=O)c(=O)[nH]c3c2)S1. The number of hydrazine groups is 1. The highest BCUT2D eigenvalue weighted by atomic mass is 32.2. The number of hydrogen-bond donors (Lipinski definition) is 4. The van der Waals surface area contributed by atoms with Crippen LogP contribution in [0.3, 0.4) is 0 Å². The Labute approximate surface area is 197 Å². The maximum atomic E-state index is 13.1. The number of amides is 1. The summed E-state index contributed by atoms with van der Waals surface area (Å²) in [5.74, 6) is -0.668. The molecule has 0 spiro atoms. The van der Waals surface area contributed by atoms with Crippen LogP contribution in [0.25, 0.3) is 11.0 Å². The molecule has 1 amide bonds. The van der Waals surface area contributed by atoms with Crippen molar-refractivity contribution in [2.24, 2.45) is 0 Å². The molecule has 1 aliphatic heterocycles. The van der Waals surface area contributed by atoms with E-state index < -0.39 is 32.5 Å². The molecule has 11 nitrogen and oxygen atoms in total. The monoisotopic (exact) mass is 501 g/mol. The lowest BCUT2D eigenvalue weighted by atomic mass is 10.2. The highest BCUT2D eigenvalue weighted by Gasteiger charge is 2.37. The van der Waals surface area contributed by atoms with Crippen LogP contribution in [-0.2, 0) is 14.8 Å². The van der Waals surface area contributed by atoms with Crippen molar-refractivity contribution in [3.63, 3.8) is 0 Å². The first kappa shape index (κ1) is 23.6. The molecule has 4 rings (SSSR count). The largest absolute Gasteiger partial charge is 0.316 e. The van der Waals surface area contributed by atoms with Gasteiger partial charge in [0, 0.05) is 11.3 Å². The fourth-order valence-corrected chi connectivity index (χ4v) is 5.51. The summed E-state index contributed by atoms with van der Waals surface area (Å²) in [6.07, 6.45) is 0. The molecule has 34 heavy (non-hydrogen) atoms. The van der Waals surface area contributed by atoms with E-state index in [1.165, 1.54) is 30.0 Å². The number of hydrogen-bond acceptors (Lipinski definition) is 8. The quantitative estimate of drug-likeness (QED) is 0.287. The second kappa shape index (κ2) is 9.02. The number of sulfonamides is 1. The standard InChI is InChI=1S/C21H19N5O6S2/c1-11-17(12(2)27)33-21(26(11)20(30)13-6-4-3-5-7-13)24-25-34(31,32)14-8-9-15-16(10-14)23-19(29)18(28)22-15/h3-10,21,24-25H,1-2H3,(H,22,28)(H,23,29). The third kappa shape index (κ3) is 4.46. The number of carbonyl (C=O) groups is 2. The highest BCUT2D eigenvalue weighted by Crippen LogP contribution is 2.38. The molecule has 1 unspecified atom stereocenters. The van der Waals surface area contributed by atoms with Crippen LogP contribution in [0.15, 0.2) is 73.6 Å². The van der Waals surface area contributed by atoms with Gasteiger partial charge in [-0.25, -0.2) is 13.8 Å². The summed E-state index contributed by atoms with van der Waals surface area (Å²) in [6.45, 7) is 2.98. The number of nitrogens with one attached hydrogen (secondary N) is 4. The lowest BCUT2D eigenvalue weighted by Crippen LogP contribution is -2.50. The topological polar surface area (TPSA) is 161 Å². The van der Waals surface area contributed by atoms with Crippen molar-refractivity contribution in [1.82, 2.24) is 25.1 Å². The molecule has 0 saturated heterocycles. The first-order chi connectivity index (χ1) is 16.1. The van der Waals surface area contributed by atoms with Crippen molar-refractivity contribution in [2.45, 2.75) is 24.2 Å². The van der Waals surface area contributed by atoms with Crippen LogP contribution >= 0.6 is 11.8 Å². The van der Waals surface area contributed by atoms with E-state index in [0.29, 0.717) is 16.2 Å². The number of aromatic amines is 2. The maximum Gasteiger partial charge on any atom is 0.314 e. The predicted octanol–water partition coefficient (Wildman–Crippen LogP) is 0.993. The Morgan fingerprint density at radius 3 is 2.29 bits per heavy atom. The van der Waals surface area contributed by atoms with Gasteiger partial charge in [-0.15, -0.1) is 4.83 Å². The zero-order valence-electron chi connectivity index (χ0n) is 17.9. The van der Waals surface area contributed by atoms with Gasteiger partial charge in [0.15, 0.2) is 11.3 Å². The van der Waals surface area contributed by atoms with Gasteiger partial charge in [0.05, 0.1) is 20.8 Å². The number of ketones is 1. The molecule has 1 aliphatic rings. The number of rotatable bonds is 6. The molecule has 176 valence electrons. The number of carbonyl (C=O) groups excluding carboxylic acids is 2. The van der Waals surface area contributed by atoms with Crippen molar-refractivity contribution < 1.29 is 18.0 Å². The highest BCUT2D eigenvalue weighted by molar-refractivity contribution is 8.04. The second-order valence-electron chi connectivity index (χ2n) is 7.35. The fourth-order valence-electron chi connectivity index (χ4n) is 3.39. The summed E-state index contributed by atoms with van der Waals surface area (Å²) >= 11 is 1.01. The normalized spacial score (nSPS) is 16.3. The van der Waals surface area contributed by atoms with Gasteiger partial charge in [0.25, 0.3) is 15.9 Å². The number of aromatic nitrogens is 2. The van der Waals surface area contributed by atoms with E-state index in [4.69, 9.17) is 0 Å². The minimum atomic E-state index is -4.16. The number of H-pyrrole nitrogens is 2. The molecule has 3 aromatic rings. The van der Waals surface area contributed by atoms with E-state index in [2.05, 4.69) is 20.2 Å². The van der Waals surface area contributed by atoms with Crippen LogP contribution in [0.5, 0.6) is 0 Å². The van der Waals surface area contributed by atoms with Crippen LogP contribution in [0.4, 0.5) is 0 Å². The van der Waals surface area contributed by atoms with Gasteiger partial charge < -0.3 is 9.97 Å². The Morgan fingerprint density at radius 2 is 1.65 bits per heavy atom. The van der Waals surface area contributed by atoms with Crippen molar-refractivity contribution in [3.8, 4) is 0 Å². The summed E-state index contributed by atoms with van der Waals surface area (Å²) in [6, 6.07) is 12.2. The van der Waals surface area contributed by atoms with Gasteiger partial charge in [-0.3, -0.25) is 24.1 Å². The summed E-state index contributed by atoms with van der Waals surface area (Å²) in [5.41, 5.74) is 1.06. The molecule has 13 heteroatoms. The van der Waals surface area contributed by atoms with Gasteiger partial charge >= 0.3 is 11.1 Å². The molecular formula is C21H19N5O6S2. The van der Waals surface area contributed by atoms with E-state index in [1.54, 1.807) is 37.3 Å². The number of nitrogens with zero attached hydrogens (tertiary/aromatic N) is 1. The van der Waals surface area contributed by atoms with Gasteiger partial charge in [-0.1, -0.05) is 30.0 Å². The average Bonchev–Trinajstić information content (AvgIpc) is 3.14. The molecule has 2 heterocycles. The zero-order valence-corrected chi connectivity index (χ0v) is 19.5. The molecule has 1 atom stereocenters. The fraction of sp³-hybridized carbons (Fsp3) is 0.143. The minimum Gasteiger partial charge on any atom is -0.316 e. The molecule has 2 aromatic carbocycles. The first-order valence-corrected chi connectivity index (χ1v) is 12.3. The van der Waals surface area contributed by atoms with Crippen LogP contribution in [-0.4, -0.2) is 40.5 Å². The summed E-state index contributed by atoms with van der Waals surface area (Å²) in [4.78, 5) is 56.6. The predicted molar refractivity (Wildman–Crippen MR) is 126 cm³/mol. The van der Waals surface area contributed by atoms with Crippen LogP contribution in [0.2, 0.25) is 0 Å².